The van der Waals surface area contributed by atoms with Crippen molar-refractivity contribution in [2.24, 2.45) is 0 Å². The zero-order valence-corrected chi connectivity index (χ0v) is 12.5. The van der Waals surface area contributed by atoms with E-state index < -0.39 is 5.60 Å². The van der Waals surface area contributed by atoms with Crippen molar-refractivity contribution in [2.45, 2.75) is 44.2 Å². The molecule has 22 heavy (non-hydrogen) atoms. The van der Waals surface area contributed by atoms with Gasteiger partial charge in [-0.15, -0.1) is 0 Å². The standard InChI is InChI=1S/C17H18N4O/c1-17(11-18)9-15(20-22-17)12-6-7-13-10-19-21(16(13)8-12)14-4-2-3-5-14/h6-10,14,20H,2-5H2,1H3. The third kappa shape index (κ3) is 2.08. The highest BCUT2D eigenvalue weighted by atomic mass is 16.7. The molecule has 0 spiro atoms. The van der Waals surface area contributed by atoms with Crippen LogP contribution in [0.2, 0.25) is 0 Å². The maximum Gasteiger partial charge on any atom is 0.199 e. The Morgan fingerprint density at radius 2 is 2.23 bits per heavy atom. The number of benzene rings is 1. The van der Waals surface area contributed by atoms with Crippen molar-refractivity contribution in [3.63, 3.8) is 0 Å². The number of nitrogens with zero attached hydrogens (tertiary/aromatic N) is 3. The van der Waals surface area contributed by atoms with E-state index in [-0.39, 0.29) is 0 Å². The van der Waals surface area contributed by atoms with Gasteiger partial charge in [0.1, 0.15) is 6.07 Å². The maximum absolute atomic E-state index is 9.14. The summed E-state index contributed by atoms with van der Waals surface area (Å²) in [5.74, 6) is 0. The third-order valence-corrected chi connectivity index (χ3v) is 4.59. The lowest BCUT2D eigenvalue weighted by Gasteiger charge is -2.12. The molecule has 5 heteroatoms. The Kier molecular flexibility index (Phi) is 2.95. The quantitative estimate of drug-likeness (QED) is 0.923. The Hall–Kier alpha value is -2.32. The van der Waals surface area contributed by atoms with Crippen LogP contribution in [0.1, 0.15) is 44.2 Å². The molecule has 1 aromatic carbocycles. The zero-order chi connectivity index (χ0) is 15.2. The van der Waals surface area contributed by atoms with E-state index in [9.17, 15) is 0 Å². The number of rotatable bonds is 2. The maximum atomic E-state index is 9.14. The highest BCUT2D eigenvalue weighted by Gasteiger charge is 2.30. The van der Waals surface area contributed by atoms with E-state index >= 15 is 0 Å². The Labute approximate surface area is 129 Å². The molecule has 1 fully saturated rings. The van der Waals surface area contributed by atoms with E-state index in [1.165, 1.54) is 25.7 Å². The van der Waals surface area contributed by atoms with Crippen LogP contribution in [-0.2, 0) is 4.84 Å². The molecular weight excluding hydrogens is 276 g/mol. The molecule has 2 aliphatic rings. The zero-order valence-electron chi connectivity index (χ0n) is 12.5. The number of hydrogen-bond acceptors (Lipinski definition) is 4. The topological polar surface area (TPSA) is 62.9 Å². The molecule has 2 aromatic rings. The third-order valence-electron chi connectivity index (χ3n) is 4.59. The second kappa shape index (κ2) is 4.85. The molecular formula is C17H18N4O. The van der Waals surface area contributed by atoms with Gasteiger partial charge in [0, 0.05) is 10.9 Å². The molecule has 2 heterocycles. The van der Waals surface area contributed by atoms with Crippen molar-refractivity contribution in [3.8, 4) is 6.07 Å². The predicted octanol–water partition coefficient (Wildman–Crippen LogP) is 3.31. The summed E-state index contributed by atoms with van der Waals surface area (Å²) in [6, 6.07) is 8.91. The Balaban J connectivity index is 1.76. The average molecular weight is 294 g/mol. The Bertz CT molecular complexity index is 795. The molecule has 0 bridgehead atoms. The van der Waals surface area contributed by atoms with Crippen molar-refractivity contribution < 1.29 is 4.84 Å². The van der Waals surface area contributed by atoms with Gasteiger partial charge in [-0.05, 0) is 31.9 Å². The first-order valence-electron chi connectivity index (χ1n) is 7.74. The van der Waals surface area contributed by atoms with E-state index in [1.54, 1.807) is 6.92 Å². The van der Waals surface area contributed by atoms with Crippen LogP contribution in [0.4, 0.5) is 0 Å². The predicted molar refractivity (Wildman–Crippen MR) is 83.5 cm³/mol. The van der Waals surface area contributed by atoms with E-state index in [0.29, 0.717) is 6.04 Å². The van der Waals surface area contributed by atoms with Crippen LogP contribution in [0.15, 0.2) is 30.5 Å². The summed E-state index contributed by atoms with van der Waals surface area (Å²) < 4.78 is 2.16. The highest BCUT2D eigenvalue weighted by molar-refractivity contribution is 5.83. The number of fused-ring (bicyclic) bond motifs is 1. The second-order valence-corrected chi connectivity index (χ2v) is 6.28. The van der Waals surface area contributed by atoms with Crippen LogP contribution in [-0.4, -0.2) is 15.4 Å². The van der Waals surface area contributed by atoms with Gasteiger partial charge in [-0.1, -0.05) is 25.0 Å². The van der Waals surface area contributed by atoms with Gasteiger partial charge in [-0.3, -0.25) is 15.0 Å². The lowest BCUT2D eigenvalue weighted by Crippen LogP contribution is -2.22. The lowest BCUT2D eigenvalue weighted by atomic mass is 10.0. The van der Waals surface area contributed by atoms with Gasteiger partial charge in [0.05, 0.1) is 23.5 Å². The fourth-order valence-electron chi connectivity index (χ4n) is 3.34. The summed E-state index contributed by atoms with van der Waals surface area (Å²) in [5, 5.41) is 14.9. The summed E-state index contributed by atoms with van der Waals surface area (Å²) in [6.07, 6.45) is 8.74. The summed E-state index contributed by atoms with van der Waals surface area (Å²) in [7, 11) is 0. The molecule has 5 nitrogen and oxygen atoms in total. The van der Waals surface area contributed by atoms with Gasteiger partial charge in [0.15, 0.2) is 5.60 Å². The van der Waals surface area contributed by atoms with E-state index in [0.717, 1.165) is 22.2 Å². The van der Waals surface area contributed by atoms with Gasteiger partial charge in [-0.2, -0.15) is 10.4 Å². The van der Waals surface area contributed by atoms with Gasteiger partial charge in [0.2, 0.25) is 0 Å². The Morgan fingerprint density at radius 3 is 2.95 bits per heavy atom. The van der Waals surface area contributed by atoms with Crippen molar-refractivity contribution >= 4 is 16.6 Å². The van der Waals surface area contributed by atoms with Crippen molar-refractivity contribution in [3.05, 3.63) is 36.0 Å². The molecule has 4 rings (SSSR count). The SMILES string of the molecule is CC1(C#N)C=C(c2ccc3cnn(C4CCCC4)c3c2)NO1. The summed E-state index contributed by atoms with van der Waals surface area (Å²) in [5.41, 5.74) is 4.97. The fraction of sp³-hybridized carbons (Fsp3) is 0.412. The molecule has 0 amide bonds. The largest absolute Gasteiger partial charge is 0.265 e. The van der Waals surface area contributed by atoms with Gasteiger partial charge in [-0.25, -0.2) is 0 Å². The number of aromatic nitrogens is 2. The minimum absolute atomic E-state index is 0.513. The molecule has 1 aliphatic heterocycles. The molecule has 0 saturated heterocycles. The van der Waals surface area contributed by atoms with Crippen molar-refractivity contribution in [2.75, 3.05) is 0 Å². The molecule has 1 N–H and O–H groups in total. The first-order chi connectivity index (χ1) is 10.7. The molecule has 1 saturated carbocycles. The molecule has 1 atom stereocenters. The molecule has 0 radical (unpaired) electrons. The smallest absolute Gasteiger partial charge is 0.199 e. The van der Waals surface area contributed by atoms with Crippen LogP contribution in [0.25, 0.3) is 16.6 Å². The minimum Gasteiger partial charge on any atom is -0.265 e. The highest BCUT2D eigenvalue weighted by Crippen LogP contribution is 2.33. The van der Waals surface area contributed by atoms with Crippen molar-refractivity contribution in [1.29, 1.82) is 5.26 Å². The molecule has 1 aliphatic carbocycles. The van der Waals surface area contributed by atoms with Gasteiger partial charge >= 0.3 is 0 Å². The molecule has 1 unspecified atom stereocenters. The van der Waals surface area contributed by atoms with Crippen LogP contribution in [0.3, 0.4) is 0 Å². The van der Waals surface area contributed by atoms with Crippen molar-refractivity contribution in [1.82, 2.24) is 15.3 Å². The number of hydrogen-bond donors (Lipinski definition) is 1. The minimum atomic E-state index is -0.907. The Morgan fingerprint density at radius 1 is 1.41 bits per heavy atom. The normalized spacial score (nSPS) is 25.2. The van der Waals surface area contributed by atoms with Gasteiger partial charge in [0.25, 0.3) is 0 Å². The van der Waals surface area contributed by atoms with E-state index in [2.05, 4.69) is 33.5 Å². The fourth-order valence-corrected chi connectivity index (χ4v) is 3.34. The second-order valence-electron chi connectivity index (χ2n) is 6.28. The van der Waals surface area contributed by atoms with Crippen LogP contribution in [0, 0.1) is 11.3 Å². The molecule has 1 aromatic heterocycles. The van der Waals surface area contributed by atoms with E-state index in [4.69, 9.17) is 10.1 Å². The lowest BCUT2D eigenvalue weighted by molar-refractivity contribution is 0.0163. The van der Waals surface area contributed by atoms with Crippen LogP contribution >= 0.6 is 0 Å². The van der Waals surface area contributed by atoms with Gasteiger partial charge < -0.3 is 0 Å². The average Bonchev–Trinajstić information content (AvgIpc) is 3.25. The number of nitriles is 1. The summed E-state index contributed by atoms with van der Waals surface area (Å²) >= 11 is 0. The first-order valence-corrected chi connectivity index (χ1v) is 7.74. The summed E-state index contributed by atoms with van der Waals surface area (Å²) in [6.45, 7) is 1.74. The number of nitrogens with one attached hydrogen (secondary N) is 1. The first kappa shape index (κ1) is 13.4. The monoisotopic (exact) mass is 294 g/mol. The molecule has 112 valence electrons. The van der Waals surface area contributed by atoms with Crippen LogP contribution < -0.4 is 5.48 Å². The van der Waals surface area contributed by atoms with Crippen LogP contribution in [0.5, 0.6) is 0 Å². The summed E-state index contributed by atoms with van der Waals surface area (Å²) in [4.78, 5) is 5.35. The number of hydroxylamine groups is 1. The van der Waals surface area contributed by atoms with E-state index in [1.807, 2.05) is 18.3 Å².